The van der Waals surface area contributed by atoms with Crippen molar-refractivity contribution in [2.45, 2.75) is 12.8 Å². The van der Waals surface area contributed by atoms with Crippen LogP contribution in [-0.4, -0.2) is 22.8 Å². The van der Waals surface area contributed by atoms with Crippen LogP contribution in [-0.2, 0) is 6.42 Å². The van der Waals surface area contributed by atoms with E-state index in [1.54, 1.807) is 12.4 Å². The summed E-state index contributed by atoms with van der Waals surface area (Å²) in [4.78, 5) is 21.2. The fourth-order valence-electron chi connectivity index (χ4n) is 2.27. The van der Waals surface area contributed by atoms with E-state index in [2.05, 4.69) is 33.1 Å². The van der Waals surface area contributed by atoms with E-state index in [0.29, 0.717) is 11.5 Å². The maximum Gasteiger partial charge on any atom is 0.229 e. The molecule has 1 aromatic carbocycles. The van der Waals surface area contributed by atoms with Gasteiger partial charge >= 0.3 is 0 Å². The number of aryl methyl sites for hydroxylation is 1. The monoisotopic (exact) mass is 239 g/mol. The summed E-state index contributed by atoms with van der Waals surface area (Å²) in [6.45, 7) is 0.914. The van der Waals surface area contributed by atoms with E-state index >= 15 is 0 Å². The summed E-state index contributed by atoms with van der Waals surface area (Å²) in [5.74, 6) is 0.660. The zero-order chi connectivity index (χ0) is 12.4. The molecule has 0 unspecified atom stereocenters. The topological polar surface area (TPSA) is 46.1 Å². The Labute approximate surface area is 105 Å². The number of para-hydroxylation sites is 1. The van der Waals surface area contributed by atoms with Gasteiger partial charge in [0, 0.05) is 24.6 Å². The quantitative estimate of drug-likeness (QED) is 0.755. The molecule has 0 saturated heterocycles. The first-order chi connectivity index (χ1) is 8.88. The largest absolute Gasteiger partial charge is 0.310 e. The highest BCUT2D eigenvalue weighted by atomic mass is 16.1. The number of hydrogen-bond acceptors (Lipinski definition) is 4. The molecule has 0 bridgehead atoms. The maximum absolute atomic E-state index is 10.6. The van der Waals surface area contributed by atoms with Crippen molar-refractivity contribution < 1.29 is 4.79 Å². The van der Waals surface area contributed by atoms with Gasteiger partial charge in [0.15, 0.2) is 6.29 Å². The van der Waals surface area contributed by atoms with Gasteiger partial charge in [0.05, 0.1) is 5.56 Å². The van der Waals surface area contributed by atoms with E-state index in [4.69, 9.17) is 0 Å². The Morgan fingerprint density at radius 2 is 1.94 bits per heavy atom. The van der Waals surface area contributed by atoms with Crippen molar-refractivity contribution in [1.82, 2.24) is 9.97 Å². The minimum atomic E-state index is 0.504. The SMILES string of the molecule is O=Cc1cnc(N2CCCc3ccccc32)nc1. The number of aldehydes is 1. The molecule has 0 N–H and O–H groups in total. The van der Waals surface area contributed by atoms with E-state index in [9.17, 15) is 4.79 Å². The Bertz CT molecular complexity index is 566. The number of anilines is 2. The van der Waals surface area contributed by atoms with Gasteiger partial charge in [-0.25, -0.2) is 9.97 Å². The van der Waals surface area contributed by atoms with Crippen LogP contribution < -0.4 is 4.90 Å². The normalized spacial score (nSPS) is 14.1. The van der Waals surface area contributed by atoms with Crippen molar-refractivity contribution >= 4 is 17.9 Å². The fourth-order valence-corrected chi connectivity index (χ4v) is 2.27. The standard InChI is InChI=1S/C14H13N3O/c18-10-11-8-15-14(16-9-11)17-7-3-5-12-4-1-2-6-13(12)17/h1-2,4,6,8-10H,3,5,7H2. The molecule has 90 valence electrons. The third-order valence-corrected chi connectivity index (χ3v) is 3.15. The highest BCUT2D eigenvalue weighted by Gasteiger charge is 2.19. The Balaban J connectivity index is 1.99. The molecule has 1 aromatic heterocycles. The summed E-state index contributed by atoms with van der Waals surface area (Å²) < 4.78 is 0. The average Bonchev–Trinajstić information content (AvgIpc) is 2.47. The summed E-state index contributed by atoms with van der Waals surface area (Å²) in [5.41, 5.74) is 3.00. The van der Waals surface area contributed by atoms with Crippen LogP contribution in [0.1, 0.15) is 22.3 Å². The number of aromatic nitrogens is 2. The van der Waals surface area contributed by atoms with Crippen molar-refractivity contribution in [3.63, 3.8) is 0 Å². The summed E-state index contributed by atoms with van der Waals surface area (Å²) in [6.07, 6.45) is 6.07. The Morgan fingerprint density at radius 3 is 2.72 bits per heavy atom. The van der Waals surface area contributed by atoms with Crippen LogP contribution in [0.2, 0.25) is 0 Å². The van der Waals surface area contributed by atoms with Crippen molar-refractivity contribution in [3.8, 4) is 0 Å². The number of rotatable bonds is 2. The second-order valence-electron chi connectivity index (χ2n) is 4.32. The first-order valence-electron chi connectivity index (χ1n) is 6.01. The lowest BCUT2D eigenvalue weighted by Crippen LogP contribution is -2.26. The number of carbonyl (C=O) groups is 1. The van der Waals surface area contributed by atoms with E-state index in [-0.39, 0.29) is 0 Å². The van der Waals surface area contributed by atoms with Gasteiger partial charge in [-0.3, -0.25) is 4.79 Å². The predicted octanol–water partition coefficient (Wildman–Crippen LogP) is 2.37. The molecule has 1 aliphatic rings. The van der Waals surface area contributed by atoms with Gasteiger partial charge < -0.3 is 4.90 Å². The zero-order valence-corrected chi connectivity index (χ0v) is 9.91. The molecule has 3 rings (SSSR count). The molecule has 2 heterocycles. The van der Waals surface area contributed by atoms with Crippen LogP contribution in [0.3, 0.4) is 0 Å². The van der Waals surface area contributed by atoms with Crippen molar-refractivity contribution in [3.05, 3.63) is 47.8 Å². The van der Waals surface area contributed by atoms with Crippen molar-refractivity contribution in [2.24, 2.45) is 0 Å². The Morgan fingerprint density at radius 1 is 1.17 bits per heavy atom. The number of hydrogen-bond donors (Lipinski definition) is 0. The minimum absolute atomic E-state index is 0.504. The maximum atomic E-state index is 10.6. The molecule has 0 amide bonds. The van der Waals surface area contributed by atoms with E-state index in [0.717, 1.165) is 25.7 Å². The van der Waals surface area contributed by atoms with Crippen LogP contribution in [0.5, 0.6) is 0 Å². The molecule has 1 aliphatic heterocycles. The molecular formula is C14H13N3O. The van der Waals surface area contributed by atoms with E-state index in [1.807, 2.05) is 6.07 Å². The number of fused-ring (bicyclic) bond motifs is 1. The lowest BCUT2D eigenvalue weighted by Gasteiger charge is -2.29. The van der Waals surface area contributed by atoms with Crippen LogP contribution in [0.25, 0.3) is 0 Å². The summed E-state index contributed by atoms with van der Waals surface area (Å²) in [5, 5.41) is 0. The molecule has 0 atom stereocenters. The van der Waals surface area contributed by atoms with E-state index < -0.39 is 0 Å². The van der Waals surface area contributed by atoms with Crippen LogP contribution in [0, 0.1) is 0 Å². The van der Waals surface area contributed by atoms with Crippen molar-refractivity contribution in [2.75, 3.05) is 11.4 Å². The average molecular weight is 239 g/mol. The van der Waals surface area contributed by atoms with Crippen LogP contribution in [0.4, 0.5) is 11.6 Å². The molecule has 2 aromatic rings. The number of nitrogens with zero attached hydrogens (tertiary/aromatic N) is 3. The summed E-state index contributed by atoms with van der Waals surface area (Å²) >= 11 is 0. The second-order valence-corrected chi connectivity index (χ2v) is 4.32. The lowest BCUT2D eigenvalue weighted by atomic mass is 10.0. The van der Waals surface area contributed by atoms with Gasteiger partial charge in [-0.1, -0.05) is 18.2 Å². The van der Waals surface area contributed by atoms with E-state index in [1.165, 1.54) is 11.3 Å². The fraction of sp³-hybridized carbons (Fsp3) is 0.214. The summed E-state index contributed by atoms with van der Waals surface area (Å²) in [7, 11) is 0. The molecular weight excluding hydrogens is 226 g/mol. The van der Waals surface area contributed by atoms with Gasteiger partial charge in [0.2, 0.25) is 5.95 Å². The Hall–Kier alpha value is -2.23. The first kappa shape index (κ1) is 10.9. The first-order valence-corrected chi connectivity index (χ1v) is 6.01. The molecule has 0 spiro atoms. The molecule has 4 nitrogen and oxygen atoms in total. The van der Waals surface area contributed by atoms with Gasteiger partial charge in [0.25, 0.3) is 0 Å². The zero-order valence-electron chi connectivity index (χ0n) is 9.91. The number of benzene rings is 1. The third-order valence-electron chi connectivity index (χ3n) is 3.15. The highest BCUT2D eigenvalue weighted by molar-refractivity contribution is 5.74. The lowest BCUT2D eigenvalue weighted by molar-refractivity contribution is 0.112. The highest BCUT2D eigenvalue weighted by Crippen LogP contribution is 2.30. The molecule has 0 saturated carbocycles. The molecule has 4 heteroatoms. The third kappa shape index (κ3) is 1.86. The van der Waals surface area contributed by atoms with Gasteiger partial charge in [-0.2, -0.15) is 0 Å². The predicted molar refractivity (Wildman–Crippen MR) is 69.2 cm³/mol. The van der Waals surface area contributed by atoms with Gasteiger partial charge in [-0.15, -0.1) is 0 Å². The van der Waals surface area contributed by atoms with Crippen LogP contribution in [0.15, 0.2) is 36.7 Å². The molecule has 0 aliphatic carbocycles. The smallest absolute Gasteiger partial charge is 0.229 e. The molecule has 18 heavy (non-hydrogen) atoms. The number of carbonyl (C=O) groups excluding carboxylic acids is 1. The van der Waals surface area contributed by atoms with Crippen LogP contribution >= 0.6 is 0 Å². The minimum Gasteiger partial charge on any atom is -0.310 e. The summed E-state index contributed by atoms with van der Waals surface area (Å²) in [6, 6.07) is 8.31. The van der Waals surface area contributed by atoms with Crippen molar-refractivity contribution in [1.29, 1.82) is 0 Å². The van der Waals surface area contributed by atoms with Gasteiger partial charge in [-0.05, 0) is 24.5 Å². The molecule has 0 fully saturated rings. The molecule has 0 radical (unpaired) electrons. The van der Waals surface area contributed by atoms with Gasteiger partial charge in [0.1, 0.15) is 0 Å². The Kier molecular flexibility index (Phi) is 2.76. The second kappa shape index (κ2) is 4.56.